The summed E-state index contributed by atoms with van der Waals surface area (Å²) in [5, 5.41) is 5.27. The topological polar surface area (TPSA) is 88.3 Å². The van der Waals surface area contributed by atoms with Gasteiger partial charge in [-0.05, 0) is 24.9 Å². The summed E-state index contributed by atoms with van der Waals surface area (Å²) in [7, 11) is 0. The molecule has 2 aromatic rings. The summed E-state index contributed by atoms with van der Waals surface area (Å²) in [6, 6.07) is 8.98. The van der Waals surface area contributed by atoms with Crippen molar-refractivity contribution in [3.8, 4) is 0 Å². The van der Waals surface area contributed by atoms with Crippen molar-refractivity contribution in [3.63, 3.8) is 0 Å². The predicted molar refractivity (Wildman–Crippen MR) is 93.4 cm³/mol. The van der Waals surface area contributed by atoms with Gasteiger partial charge in [0.2, 0.25) is 11.8 Å². The van der Waals surface area contributed by atoms with Gasteiger partial charge in [-0.2, -0.15) is 0 Å². The predicted octanol–water partition coefficient (Wildman–Crippen LogP) is 2.02. The number of thiazole rings is 1. The Labute approximate surface area is 144 Å². The molecule has 0 unspecified atom stereocenters. The molecule has 24 heavy (non-hydrogen) atoms. The molecule has 126 valence electrons. The van der Waals surface area contributed by atoms with E-state index < -0.39 is 6.04 Å². The molecule has 3 rings (SSSR count). The van der Waals surface area contributed by atoms with Crippen LogP contribution in [0.3, 0.4) is 0 Å². The summed E-state index contributed by atoms with van der Waals surface area (Å²) in [5.74, 6) is -0.610. The van der Waals surface area contributed by atoms with Crippen molar-refractivity contribution in [1.82, 2.24) is 9.88 Å². The Hall–Kier alpha value is -2.25. The number of hydrogen-bond acceptors (Lipinski definition) is 5. The highest BCUT2D eigenvalue weighted by molar-refractivity contribution is 7.13. The number of amides is 2. The molecular formula is C17H20N4O2S. The highest BCUT2D eigenvalue weighted by atomic mass is 32.1. The first-order chi connectivity index (χ1) is 11.6. The first-order valence-electron chi connectivity index (χ1n) is 7.94. The van der Waals surface area contributed by atoms with Crippen LogP contribution in [0.25, 0.3) is 0 Å². The highest BCUT2D eigenvalue weighted by Gasteiger charge is 2.33. The fourth-order valence-corrected chi connectivity index (χ4v) is 3.67. The SMILES string of the molecule is NC(=O)[C@@H](c1ccccc1)N1CCC[C@H](C(=O)Nc2nccs2)C1. The van der Waals surface area contributed by atoms with Gasteiger partial charge in [-0.1, -0.05) is 30.3 Å². The number of piperidine rings is 1. The van der Waals surface area contributed by atoms with E-state index in [0.29, 0.717) is 11.7 Å². The van der Waals surface area contributed by atoms with Gasteiger partial charge in [0, 0.05) is 18.1 Å². The number of benzene rings is 1. The number of hydrogen-bond donors (Lipinski definition) is 2. The van der Waals surface area contributed by atoms with E-state index in [-0.39, 0.29) is 17.7 Å². The van der Waals surface area contributed by atoms with Crippen molar-refractivity contribution < 1.29 is 9.59 Å². The molecule has 0 bridgehead atoms. The molecule has 2 amide bonds. The highest BCUT2D eigenvalue weighted by Crippen LogP contribution is 2.27. The van der Waals surface area contributed by atoms with E-state index in [1.165, 1.54) is 11.3 Å². The van der Waals surface area contributed by atoms with Crippen LogP contribution in [-0.4, -0.2) is 34.8 Å². The molecule has 3 N–H and O–H groups in total. The number of carbonyl (C=O) groups excluding carboxylic acids is 2. The van der Waals surface area contributed by atoms with Gasteiger partial charge in [0.15, 0.2) is 5.13 Å². The minimum absolute atomic E-state index is 0.0501. The first kappa shape index (κ1) is 16.6. The molecule has 0 spiro atoms. The van der Waals surface area contributed by atoms with E-state index >= 15 is 0 Å². The van der Waals surface area contributed by atoms with Gasteiger partial charge in [0.1, 0.15) is 6.04 Å². The van der Waals surface area contributed by atoms with E-state index in [1.54, 1.807) is 6.20 Å². The van der Waals surface area contributed by atoms with Gasteiger partial charge >= 0.3 is 0 Å². The maximum absolute atomic E-state index is 12.5. The monoisotopic (exact) mass is 344 g/mol. The average Bonchev–Trinajstić information content (AvgIpc) is 3.09. The van der Waals surface area contributed by atoms with Crippen LogP contribution in [0.4, 0.5) is 5.13 Å². The lowest BCUT2D eigenvalue weighted by Crippen LogP contribution is -2.46. The Kier molecular flexibility index (Phi) is 5.22. The second-order valence-electron chi connectivity index (χ2n) is 5.88. The summed E-state index contributed by atoms with van der Waals surface area (Å²) >= 11 is 1.39. The van der Waals surface area contributed by atoms with Crippen molar-refractivity contribution >= 4 is 28.3 Å². The number of likely N-dealkylation sites (tertiary alicyclic amines) is 1. The quantitative estimate of drug-likeness (QED) is 0.868. The molecule has 1 aromatic carbocycles. The summed E-state index contributed by atoms with van der Waals surface area (Å²) in [6.07, 6.45) is 3.31. The Morgan fingerprint density at radius 1 is 1.33 bits per heavy atom. The number of rotatable bonds is 5. The second kappa shape index (κ2) is 7.55. The number of nitrogens with two attached hydrogens (primary N) is 1. The van der Waals surface area contributed by atoms with Gasteiger partial charge < -0.3 is 11.1 Å². The molecule has 7 heteroatoms. The third-order valence-electron chi connectivity index (χ3n) is 4.24. The number of nitrogens with one attached hydrogen (secondary N) is 1. The average molecular weight is 344 g/mol. The Morgan fingerprint density at radius 2 is 2.12 bits per heavy atom. The standard InChI is InChI=1S/C17H20N4O2S/c18-15(22)14(12-5-2-1-3-6-12)21-9-4-7-13(11-21)16(23)20-17-19-8-10-24-17/h1-3,5-6,8,10,13-14H,4,7,9,11H2,(H2,18,22)(H,19,20,23)/t13-,14+/m0/s1. The maximum Gasteiger partial charge on any atom is 0.239 e. The van der Waals surface area contributed by atoms with Gasteiger partial charge in [-0.25, -0.2) is 4.98 Å². The summed E-state index contributed by atoms with van der Waals surface area (Å²) < 4.78 is 0. The fraction of sp³-hybridized carbons (Fsp3) is 0.353. The summed E-state index contributed by atoms with van der Waals surface area (Å²) in [4.78, 5) is 30.5. The van der Waals surface area contributed by atoms with Crippen molar-refractivity contribution in [3.05, 3.63) is 47.5 Å². The molecule has 1 aliphatic heterocycles. The molecule has 1 aromatic heterocycles. The second-order valence-corrected chi connectivity index (χ2v) is 6.77. The molecular weight excluding hydrogens is 324 g/mol. The molecule has 0 radical (unpaired) electrons. The maximum atomic E-state index is 12.5. The van der Waals surface area contributed by atoms with E-state index in [1.807, 2.05) is 40.6 Å². The van der Waals surface area contributed by atoms with Gasteiger partial charge in [-0.15, -0.1) is 11.3 Å². The van der Waals surface area contributed by atoms with Crippen LogP contribution >= 0.6 is 11.3 Å². The largest absolute Gasteiger partial charge is 0.368 e. The van der Waals surface area contributed by atoms with Crippen molar-refractivity contribution in [2.75, 3.05) is 18.4 Å². The first-order valence-corrected chi connectivity index (χ1v) is 8.82. The lowest BCUT2D eigenvalue weighted by molar-refractivity contribution is -0.127. The zero-order chi connectivity index (χ0) is 16.9. The minimum atomic E-state index is -0.498. The third kappa shape index (κ3) is 3.80. The van der Waals surface area contributed by atoms with Crippen LogP contribution in [0.2, 0.25) is 0 Å². The smallest absolute Gasteiger partial charge is 0.239 e. The minimum Gasteiger partial charge on any atom is -0.368 e. The zero-order valence-electron chi connectivity index (χ0n) is 13.2. The van der Waals surface area contributed by atoms with Gasteiger partial charge in [0.05, 0.1) is 5.92 Å². The Balaban J connectivity index is 1.71. The van der Waals surface area contributed by atoms with E-state index in [0.717, 1.165) is 24.9 Å². The molecule has 1 fully saturated rings. The number of anilines is 1. The zero-order valence-corrected chi connectivity index (χ0v) is 14.0. The lowest BCUT2D eigenvalue weighted by Gasteiger charge is -2.36. The van der Waals surface area contributed by atoms with Crippen molar-refractivity contribution in [2.45, 2.75) is 18.9 Å². The van der Waals surface area contributed by atoms with E-state index in [9.17, 15) is 9.59 Å². The number of primary amides is 1. The Bertz CT molecular complexity index is 690. The van der Waals surface area contributed by atoms with E-state index in [2.05, 4.69) is 10.3 Å². The van der Waals surface area contributed by atoms with Crippen LogP contribution in [0, 0.1) is 5.92 Å². The van der Waals surface area contributed by atoms with Crippen LogP contribution in [0.15, 0.2) is 41.9 Å². The third-order valence-corrected chi connectivity index (χ3v) is 4.92. The molecule has 2 heterocycles. The lowest BCUT2D eigenvalue weighted by atomic mass is 9.94. The van der Waals surface area contributed by atoms with Crippen LogP contribution < -0.4 is 11.1 Å². The molecule has 0 aliphatic carbocycles. The number of carbonyl (C=O) groups is 2. The van der Waals surface area contributed by atoms with E-state index in [4.69, 9.17) is 5.73 Å². The number of nitrogens with zero attached hydrogens (tertiary/aromatic N) is 2. The number of aromatic nitrogens is 1. The molecule has 6 nitrogen and oxygen atoms in total. The molecule has 2 atom stereocenters. The summed E-state index contributed by atoms with van der Waals surface area (Å²) in [5.41, 5.74) is 6.51. The fourth-order valence-electron chi connectivity index (χ4n) is 3.14. The molecule has 1 aliphatic rings. The Morgan fingerprint density at radius 3 is 2.79 bits per heavy atom. The van der Waals surface area contributed by atoms with Crippen LogP contribution in [0.5, 0.6) is 0 Å². The van der Waals surface area contributed by atoms with Gasteiger partial charge in [0.25, 0.3) is 0 Å². The molecule has 0 saturated carbocycles. The van der Waals surface area contributed by atoms with Gasteiger partial charge in [-0.3, -0.25) is 14.5 Å². The van der Waals surface area contributed by atoms with Crippen molar-refractivity contribution in [2.24, 2.45) is 11.7 Å². The van der Waals surface area contributed by atoms with Crippen LogP contribution in [-0.2, 0) is 9.59 Å². The summed E-state index contributed by atoms with van der Waals surface area (Å²) in [6.45, 7) is 1.27. The molecule has 1 saturated heterocycles. The van der Waals surface area contributed by atoms with Crippen LogP contribution in [0.1, 0.15) is 24.4 Å². The normalized spacial score (nSPS) is 19.6. The van der Waals surface area contributed by atoms with Crippen molar-refractivity contribution in [1.29, 1.82) is 0 Å².